The van der Waals surface area contributed by atoms with Gasteiger partial charge in [0.25, 0.3) is 0 Å². The van der Waals surface area contributed by atoms with Gasteiger partial charge in [0.15, 0.2) is 5.78 Å². The summed E-state index contributed by atoms with van der Waals surface area (Å²) in [7, 11) is 0. The lowest BCUT2D eigenvalue weighted by Gasteiger charge is -2.22. The maximum absolute atomic E-state index is 12.1. The standard InChI is InChI=1S/C13H14ClO/c1-2-9-6-7-10-4-3-5-11(14)8-12(10)13(9)15/h2-3,5,8-9H,4,6-7H2,1H3. The van der Waals surface area contributed by atoms with E-state index in [0.717, 1.165) is 24.8 Å². The second-order valence-electron chi connectivity index (χ2n) is 4.00. The van der Waals surface area contributed by atoms with E-state index in [1.807, 2.05) is 31.6 Å². The second-order valence-corrected chi connectivity index (χ2v) is 4.43. The number of hydrogen-bond donors (Lipinski definition) is 0. The van der Waals surface area contributed by atoms with Gasteiger partial charge in [-0.1, -0.05) is 30.2 Å². The van der Waals surface area contributed by atoms with E-state index in [1.54, 1.807) is 0 Å². The van der Waals surface area contributed by atoms with Crippen molar-refractivity contribution in [1.29, 1.82) is 0 Å². The van der Waals surface area contributed by atoms with Crippen LogP contribution in [-0.4, -0.2) is 5.78 Å². The normalized spacial score (nSPS) is 26.1. The van der Waals surface area contributed by atoms with Crippen molar-refractivity contribution < 1.29 is 4.79 Å². The molecule has 0 saturated heterocycles. The van der Waals surface area contributed by atoms with Gasteiger partial charge in [0.1, 0.15) is 0 Å². The van der Waals surface area contributed by atoms with Gasteiger partial charge in [-0.15, -0.1) is 0 Å². The van der Waals surface area contributed by atoms with Gasteiger partial charge in [0.05, 0.1) is 0 Å². The highest BCUT2D eigenvalue weighted by atomic mass is 35.5. The van der Waals surface area contributed by atoms with Gasteiger partial charge in [-0.2, -0.15) is 0 Å². The van der Waals surface area contributed by atoms with Gasteiger partial charge in [-0.3, -0.25) is 4.79 Å². The molecule has 0 bridgehead atoms. The molecule has 1 atom stereocenters. The SMILES string of the molecule is C[CH]C1CCC2=C(C=C(Cl)C=CC2)C1=O. The summed E-state index contributed by atoms with van der Waals surface area (Å²) in [4.78, 5) is 12.1. The molecule has 0 aromatic carbocycles. The number of hydrogen-bond acceptors (Lipinski definition) is 1. The van der Waals surface area contributed by atoms with E-state index in [2.05, 4.69) is 0 Å². The monoisotopic (exact) mass is 221 g/mol. The predicted octanol–water partition coefficient (Wildman–Crippen LogP) is 3.57. The Labute approximate surface area is 95.5 Å². The molecule has 1 nitrogen and oxygen atoms in total. The largest absolute Gasteiger partial charge is 0.294 e. The fraction of sp³-hybridized carbons (Fsp3) is 0.385. The van der Waals surface area contributed by atoms with Gasteiger partial charge in [0.2, 0.25) is 0 Å². The molecule has 0 spiro atoms. The molecule has 79 valence electrons. The number of allylic oxidation sites excluding steroid dienone is 6. The van der Waals surface area contributed by atoms with Crippen molar-refractivity contribution in [2.45, 2.75) is 26.2 Å². The number of rotatable bonds is 1. The van der Waals surface area contributed by atoms with Crippen LogP contribution in [0.2, 0.25) is 0 Å². The first kappa shape index (κ1) is 10.7. The first-order chi connectivity index (χ1) is 7.22. The van der Waals surface area contributed by atoms with Crippen molar-refractivity contribution >= 4 is 17.4 Å². The minimum Gasteiger partial charge on any atom is -0.294 e. The number of Topliss-reactive ketones (excluding diaryl/α,β-unsaturated/α-hetero) is 1. The summed E-state index contributed by atoms with van der Waals surface area (Å²) in [5, 5.41) is 0.658. The van der Waals surface area contributed by atoms with Crippen LogP contribution in [0.1, 0.15) is 26.2 Å². The molecule has 2 aliphatic rings. The summed E-state index contributed by atoms with van der Waals surface area (Å²) in [6, 6.07) is 0. The summed E-state index contributed by atoms with van der Waals surface area (Å²) in [6.45, 7) is 1.95. The molecule has 1 unspecified atom stereocenters. The smallest absolute Gasteiger partial charge is 0.166 e. The molecule has 0 N–H and O–H groups in total. The van der Waals surface area contributed by atoms with Crippen LogP contribution < -0.4 is 0 Å². The summed E-state index contributed by atoms with van der Waals surface area (Å²) in [5.41, 5.74) is 2.09. The summed E-state index contributed by atoms with van der Waals surface area (Å²) >= 11 is 5.97. The molecular formula is C13H14ClO. The molecular weight excluding hydrogens is 208 g/mol. The average Bonchev–Trinajstić information content (AvgIpc) is 2.41. The lowest BCUT2D eigenvalue weighted by atomic mass is 9.80. The van der Waals surface area contributed by atoms with Crippen LogP contribution in [0.5, 0.6) is 0 Å². The molecule has 0 aromatic rings. The van der Waals surface area contributed by atoms with Crippen molar-refractivity contribution in [3.8, 4) is 0 Å². The zero-order valence-electron chi connectivity index (χ0n) is 8.79. The van der Waals surface area contributed by atoms with Crippen molar-refractivity contribution in [3.63, 3.8) is 0 Å². The van der Waals surface area contributed by atoms with Crippen LogP contribution in [-0.2, 0) is 4.79 Å². The minimum atomic E-state index is 0.0857. The minimum absolute atomic E-state index is 0.0857. The van der Waals surface area contributed by atoms with Gasteiger partial charge in [-0.05, 0) is 37.8 Å². The van der Waals surface area contributed by atoms with Gasteiger partial charge < -0.3 is 0 Å². The fourth-order valence-electron chi connectivity index (χ4n) is 2.17. The Morgan fingerprint density at radius 1 is 1.53 bits per heavy atom. The maximum Gasteiger partial charge on any atom is 0.166 e. The third kappa shape index (κ3) is 2.07. The summed E-state index contributed by atoms with van der Waals surface area (Å²) in [6.07, 6.45) is 10.5. The zero-order valence-corrected chi connectivity index (χ0v) is 9.55. The lowest BCUT2D eigenvalue weighted by molar-refractivity contribution is -0.118. The van der Waals surface area contributed by atoms with E-state index in [1.165, 1.54) is 5.57 Å². The highest BCUT2D eigenvalue weighted by Gasteiger charge is 2.27. The van der Waals surface area contributed by atoms with E-state index in [0.29, 0.717) is 5.03 Å². The fourth-order valence-corrected chi connectivity index (χ4v) is 2.37. The Balaban J connectivity index is 2.37. The number of carbonyl (C=O) groups excluding carboxylic acids is 1. The Hall–Kier alpha value is -0.820. The van der Waals surface area contributed by atoms with E-state index in [-0.39, 0.29) is 11.7 Å². The van der Waals surface area contributed by atoms with Crippen LogP contribution in [0.4, 0.5) is 0 Å². The van der Waals surface area contributed by atoms with Crippen LogP contribution in [0.15, 0.2) is 34.4 Å². The molecule has 15 heavy (non-hydrogen) atoms. The lowest BCUT2D eigenvalue weighted by Crippen LogP contribution is -2.21. The van der Waals surface area contributed by atoms with Crippen LogP contribution in [0, 0.1) is 12.3 Å². The summed E-state index contributed by atoms with van der Waals surface area (Å²) in [5.74, 6) is 0.322. The number of ketones is 1. The Bertz CT molecular complexity index is 374. The van der Waals surface area contributed by atoms with Crippen molar-refractivity contribution in [2.75, 3.05) is 0 Å². The van der Waals surface area contributed by atoms with Gasteiger partial charge >= 0.3 is 0 Å². The van der Waals surface area contributed by atoms with Crippen LogP contribution in [0.25, 0.3) is 0 Å². The summed E-state index contributed by atoms with van der Waals surface area (Å²) < 4.78 is 0. The third-order valence-electron chi connectivity index (χ3n) is 3.07. The molecule has 0 amide bonds. The quantitative estimate of drug-likeness (QED) is 0.662. The molecule has 2 aliphatic carbocycles. The Kier molecular flexibility index (Phi) is 3.11. The zero-order chi connectivity index (χ0) is 10.8. The average molecular weight is 222 g/mol. The predicted molar refractivity (Wildman–Crippen MR) is 62.4 cm³/mol. The topological polar surface area (TPSA) is 17.1 Å². The molecule has 0 fully saturated rings. The van der Waals surface area contributed by atoms with Crippen LogP contribution >= 0.6 is 11.6 Å². The molecule has 0 saturated carbocycles. The van der Waals surface area contributed by atoms with Crippen molar-refractivity contribution in [2.24, 2.45) is 5.92 Å². The van der Waals surface area contributed by atoms with E-state index in [9.17, 15) is 4.79 Å². The van der Waals surface area contributed by atoms with Gasteiger partial charge in [0, 0.05) is 16.5 Å². The second kappa shape index (κ2) is 4.36. The van der Waals surface area contributed by atoms with E-state index < -0.39 is 0 Å². The van der Waals surface area contributed by atoms with Crippen molar-refractivity contribution in [1.82, 2.24) is 0 Å². The highest BCUT2D eigenvalue weighted by molar-refractivity contribution is 6.31. The maximum atomic E-state index is 12.1. The first-order valence-corrected chi connectivity index (χ1v) is 5.69. The molecule has 2 rings (SSSR count). The highest BCUT2D eigenvalue weighted by Crippen LogP contribution is 2.33. The molecule has 0 heterocycles. The third-order valence-corrected chi connectivity index (χ3v) is 3.30. The van der Waals surface area contributed by atoms with Crippen molar-refractivity contribution in [3.05, 3.63) is 40.8 Å². The van der Waals surface area contributed by atoms with Gasteiger partial charge in [-0.25, -0.2) is 0 Å². The number of halogens is 1. The molecule has 0 aliphatic heterocycles. The van der Waals surface area contributed by atoms with E-state index >= 15 is 0 Å². The molecule has 1 radical (unpaired) electrons. The molecule has 0 aromatic heterocycles. The Morgan fingerprint density at radius 3 is 3.07 bits per heavy atom. The number of carbonyl (C=O) groups is 1. The first-order valence-electron chi connectivity index (χ1n) is 5.32. The van der Waals surface area contributed by atoms with Crippen LogP contribution in [0.3, 0.4) is 0 Å². The van der Waals surface area contributed by atoms with E-state index in [4.69, 9.17) is 11.6 Å². The molecule has 2 heteroatoms. The Morgan fingerprint density at radius 2 is 2.33 bits per heavy atom.